The summed E-state index contributed by atoms with van der Waals surface area (Å²) in [5, 5.41) is 0.586. The highest BCUT2D eigenvalue weighted by Crippen LogP contribution is 2.26. The lowest BCUT2D eigenvalue weighted by Gasteiger charge is -2.09. The first-order valence-electron chi connectivity index (χ1n) is 6.76. The van der Waals surface area contributed by atoms with Crippen molar-refractivity contribution in [3.05, 3.63) is 48.0 Å². The van der Waals surface area contributed by atoms with Gasteiger partial charge in [0.2, 0.25) is 5.95 Å². The molecule has 3 rings (SSSR count). The van der Waals surface area contributed by atoms with Crippen LogP contribution >= 0.6 is 11.8 Å². The number of hydrogen-bond acceptors (Lipinski definition) is 7. The van der Waals surface area contributed by atoms with Gasteiger partial charge in [0.1, 0.15) is 11.6 Å². The molecule has 0 aliphatic heterocycles. The van der Waals surface area contributed by atoms with Crippen molar-refractivity contribution in [2.75, 3.05) is 17.7 Å². The first-order valence-corrected chi connectivity index (χ1v) is 7.99. The molecule has 3 aromatic rings. The third-order valence-electron chi connectivity index (χ3n) is 3.25. The molecule has 0 fully saturated rings. The van der Waals surface area contributed by atoms with Crippen molar-refractivity contribution in [3.8, 4) is 5.75 Å². The summed E-state index contributed by atoms with van der Waals surface area (Å²) in [7, 11) is 0. The van der Waals surface area contributed by atoms with Crippen molar-refractivity contribution >= 4 is 40.4 Å². The number of esters is 1. The Hall–Kier alpha value is -2.80. The lowest BCUT2D eigenvalue weighted by atomic mass is 10.2. The normalized spacial score (nSPS) is 10.7. The molecule has 2 aromatic carbocycles. The standard InChI is InChI=1S/C16H14N4O2S/c1-23-13-5-3-2-4-10(13)15(21)22-9-6-7-12-11(8-9)14(17)20-16(18)19-12/h2-8H,1H3,(H4,17,18,19,20). The van der Waals surface area contributed by atoms with Crippen molar-refractivity contribution in [1.29, 1.82) is 0 Å². The zero-order valence-corrected chi connectivity index (χ0v) is 13.1. The fourth-order valence-electron chi connectivity index (χ4n) is 2.19. The number of carbonyl (C=O) groups excluding carboxylic acids is 1. The maximum absolute atomic E-state index is 12.4. The summed E-state index contributed by atoms with van der Waals surface area (Å²) < 4.78 is 5.44. The number of hydrogen-bond donors (Lipinski definition) is 2. The van der Waals surface area contributed by atoms with Crippen molar-refractivity contribution in [2.24, 2.45) is 0 Å². The lowest BCUT2D eigenvalue weighted by molar-refractivity contribution is 0.0731. The van der Waals surface area contributed by atoms with Gasteiger partial charge in [0, 0.05) is 10.3 Å². The van der Waals surface area contributed by atoms with E-state index >= 15 is 0 Å². The highest BCUT2D eigenvalue weighted by Gasteiger charge is 2.14. The Morgan fingerprint density at radius 2 is 1.91 bits per heavy atom. The first kappa shape index (κ1) is 15.1. The van der Waals surface area contributed by atoms with E-state index in [1.165, 1.54) is 11.8 Å². The van der Waals surface area contributed by atoms with E-state index < -0.39 is 5.97 Å². The second kappa shape index (κ2) is 6.13. The molecule has 0 spiro atoms. The highest BCUT2D eigenvalue weighted by molar-refractivity contribution is 7.98. The predicted octanol–water partition coefficient (Wildman–Crippen LogP) is 2.74. The molecule has 1 heterocycles. The molecule has 0 bridgehead atoms. The molecule has 23 heavy (non-hydrogen) atoms. The largest absolute Gasteiger partial charge is 0.423 e. The van der Waals surface area contributed by atoms with Gasteiger partial charge in [-0.05, 0) is 36.6 Å². The van der Waals surface area contributed by atoms with E-state index in [0.29, 0.717) is 22.2 Å². The summed E-state index contributed by atoms with van der Waals surface area (Å²) in [5.41, 5.74) is 12.5. The van der Waals surface area contributed by atoms with Crippen LogP contribution in [0.5, 0.6) is 5.75 Å². The number of aromatic nitrogens is 2. The van der Waals surface area contributed by atoms with E-state index in [4.69, 9.17) is 16.2 Å². The van der Waals surface area contributed by atoms with Crippen molar-refractivity contribution in [1.82, 2.24) is 9.97 Å². The first-order chi connectivity index (χ1) is 11.1. The smallest absolute Gasteiger partial charge is 0.344 e. The van der Waals surface area contributed by atoms with Gasteiger partial charge in [-0.2, -0.15) is 4.98 Å². The van der Waals surface area contributed by atoms with Gasteiger partial charge in [-0.3, -0.25) is 0 Å². The molecule has 0 saturated carbocycles. The van der Waals surface area contributed by atoms with Crippen LogP contribution < -0.4 is 16.2 Å². The zero-order chi connectivity index (χ0) is 16.4. The Kier molecular flexibility index (Phi) is 4.03. The third-order valence-corrected chi connectivity index (χ3v) is 4.05. The number of nitrogens with two attached hydrogens (primary N) is 2. The van der Waals surface area contributed by atoms with E-state index in [-0.39, 0.29) is 11.8 Å². The molecule has 4 N–H and O–H groups in total. The van der Waals surface area contributed by atoms with Crippen LogP contribution in [0.15, 0.2) is 47.4 Å². The van der Waals surface area contributed by atoms with E-state index in [1.54, 1.807) is 30.3 Å². The molecule has 0 unspecified atom stereocenters. The Bertz CT molecular complexity index is 898. The monoisotopic (exact) mass is 326 g/mol. The van der Waals surface area contributed by atoms with Crippen LogP contribution in [0.3, 0.4) is 0 Å². The van der Waals surface area contributed by atoms with E-state index in [9.17, 15) is 4.79 Å². The van der Waals surface area contributed by atoms with Gasteiger partial charge in [0.15, 0.2) is 0 Å². The molecule has 0 atom stereocenters. The summed E-state index contributed by atoms with van der Waals surface area (Å²) in [5.74, 6) is 0.297. The van der Waals surface area contributed by atoms with Gasteiger partial charge in [-0.25, -0.2) is 9.78 Å². The molecule has 0 amide bonds. The van der Waals surface area contributed by atoms with Gasteiger partial charge in [-0.15, -0.1) is 11.8 Å². The van der Waals surface area contributed by atoms with Crippen molar-refractivity contribution in [2.45, 2.75) is 4.90 Å². The molecule has 1 aromatic heterocycles. The number of ether oxygens (including phenoxy) is 1. The second-order valence-corrected chi connectivity index (χ2v) is 5.58. The van der Waals surface area contributed by atoms with Crippen molar-refractivity contribution in [3.63, 3.8) is 0 Å². The SMILES string of the molecule is CSc1ccccc1C(=O)Oc1ccc2nc(N)nc(N)c2c1. The Morgan fingerprint density at radius 1 is 1.13 bits per heavy atom. The number of fused-ring (bicyclic) bond motifs is 1. The van der Waals surface area contributed by atoms with E-state index in [2.05, 4.69) is 9.97 Å². The van der Waals surface area contributed by atoms with Crippen LogP contribution in [0.25, 0.3) is 10.9 Å². The molecule has 0 saturated heterocycles. The van der Waals surface area contributed by atoms with Crippen LogP contribution in [0, 0.1) is 0 Å². The number of nitrogens with zero attached hydrogens (tertiary/aromatic N) is 2. The maximum Gasteiger partial charge on any atom is 0.344 e. The maximum atomic E-state index is 12.4. The second-order valence-electron chi connectivity index (χ2n) is 4.74. The predicted molar refractivity (Wildman–Crippen MR) is 91.5 cm³/mol. The fraction of sp³-hybridized carbons (Fsp3) is 0.0625. The summed E-state index contributed by atoms with van der Waals surface area (Å²) in [6.07, 6.45) is 1.91. The quantitative estimate of drug-likeness (QED) is 0.433. The molecule has 0 radical (unpaired) electrons. The molecular formula is C16H14N4O2S. The molecule has 0 aliphatic rings. The number of nitrogen functional groups attached to an aromatic ring is 2. The molecule has 6 nitrogen and oxygen atoms in total. The Labute approximate surface area is 136 Å². The summed E-state index contributed by atoms with van der Waals surface area (Å²) in [6.45, 7) is 0. The Morgan fingerprint density at radius 3 is 2.70 bits per heavy atom. The minimum Gasteiger partial charge on any atom is -0.423 e. The van der Waals surface area contributed by atoms with E-state index in [1.807, 2.05) is 18.4 Å². The average Bonchev–Trinajstić information content (AvgIpc) is 2.55. The van der Waals surface area contributed by atoms with Gasteiger partial charge < -0.3 is 16.2 Å². The Balaban J connectivity index is 1.94. The molecular weight excluding hydrogens is 312 g/mol. The van der Waals surface area contributed by atoms with Crippen LogP contribution in [0.1, 0.15) is 10.4 Å². The number of rotatable bonds is 3. The number of benzene rings is 2. The summed E-state index contributed by atoms with van der Waals surface area (Å²) in [4.78, 5) is 21.2. The minimum absolute atomic E-state index is 0.105. The molecule has 7 heteroatoms. The van der Waals surface area contributed by atoms with Crippen LogP contribution in [0.4, 0.5) is 11.8 Å². The number of anilines is 2. The van der Waals surface area contributed by atoms with Crippen LogP contribution in [-0.4, -0.2) is 22.2 Å². The van der Waals surface area contributed by atoms with Crippen molar-refractivity contribution < 1.29 is 9.53 Å². The minimum atomic E-state index is -0.427. The third kappa shape index (κ3) is 3.04. The van der Waals surface area contributed by atoms with Crippen LogP contribution in [0.2, 0.25) is 0 Å². The lowest BCUT2D eigenvalue weighted by Crippen LogP contribution is -2.10. The van der Waals surface area contributed by atoms with Gasteiger partial charge in [0.05, 0.1) is 11.1 Å². The zero-order valence-electron chi connectivity index (χ0n) is 12.3. The number of carbonyl (C=O) groups is 1. The summed E-state index contributed by atoms with van der Waals surface area (Å²) in [6, 6.07) is 12.2. The molecule has 116 valence electrons. The number of thioether (sulfide) groups is 1. The van der Waals surface area contributed by atoms with E-state index in [0.717, 1.165) is 4.90 Å². The van der Waals surface area contributed by atoms with Gasteiger partial charge in [-0.1, -0.05) is 12.1 Å². The van der Waals surface area contributed by atoms with Gasteiger partial charge >= 0.3 is 5.97 Å². The van der Waals surface area contributed by atoms with Gasteiger partial charge in [0.25, 0.3) is 0 Å². The summed E-state index contributed by atoms with van der Waals surface area (Å²) >= 11 is 1.49. The van der Waals surface area contributed by atoms with Crippen LogP contribution in [-0.2, 0) is 0 Å². The fourth-order valence-corrected chi connectivity index (χ4v) is 2.77. The highest BCUT2D eigenvalue weighted by atomic mass is 32.2. The topological polar surface area (TPSA) is 104 Å². The average molecular weight is 326 g/mol. The molecule has 0 aliphatic carbocycles.